The maximum atomic E-state index is 13.3. The highest BCUT2D eigenvalue weighted by Gasteiger charge is 2.37. The van der Waals surface area contributed by atoms with Crippen molar-refractivity contribution in [1.29, 1.82) is 0 Å². The summed E-state index contributed by atoms with van der Waals surface area (Å²) >= 11 is 0. The van der Waals surface area contributed by atoms with Crippen LogP contribution in [0.5, 0.6) is 0 Å². The van der Waals surface area contributed by atoms with E-state index in [2.05, 4.69) is 12.2 Å². The summed E-state index contributed by atoms with van der Waals surface area (Å²) in [5, 5.41) is 3.26. The van der Waals surface area contributed by atoms with Gasteiger partial charge in [-0.3, -0.25) is 0 Å². The van der Waals surface area contributed by atoms with Crippen molar-refractivity contribution in [3.05, 3.63) is 35.4 Å². The molecule has 0 saturated heterocycles. The van der Waals surface area contributed by atoms with Gasteiger partial charge in [0.05, 0.1) is 0 Å². The average Bonchev–Trinajstić information content (AvgIpc) is 2.72. The Morgan fingerprint density at radius 3 is 2.35 bits per heavy atom. The summed E-state index contributed by atoms with van der Waals surface area (Å²) in [6, 6.07) is 4.32. The van der Waals surface area contributed by atoms with Crippen LogP contribution in [0.3, 0.4) is 0 Å². The van der Waals surface area contributed by atoms with Crippen LogP contribution in [0.4, 0.5) is 8.78 Å². The third kappa shape index (κ3) is 2.34. The SMILES string of the molecule is CNC(c1ccc(F)c(F)c1)C1(C)CCCC1. The molecule has 0 aliphatic heterocycles. The van der Waals surface area contributed by atoms with Crippen molar-refractivity contribution in [2.45, 2.75) is 38.6 Å². The van der Waals surface area contributed by atoms with E-state index in [0.29, 0.717) is 0 Å². The molecule has 2 rings (SSSR count). The minimum atomic E-state index is -0.778. The first kappa shape index (κ1) is 12.5. The van der Waals surface area contributed by atoms with Crippen molar-refractivity contribution in [1.82, 2.24) is 5.32 Å². The van der Waals surface area contributed by atoms with E-state index < -0.39 is 11.6 Å². The number of benzene rings is 1. The highest BCUT2D eigenvalue weighted by molar-refractivity contribution is 5.23. The lowest BCUT2D eigenvalue weighted by Gasteiger charge is -2.34. The van der Waals surface area contributed by atoms with E-state index in [1.54, 1.807) is 6.07 Å². The minimum Gasteiger partial charge on any atom is -0.313 e. The molecule has 1 unspecified atom stereocenters. The minimum absolute atomic E-state index is 0.0973. The summed E-state index contributed by atoms with van der Waals surface area (Å²) in [7, 11) is 1.88. The molecule has 1 aliphatic rings. The lowest BCUT2D eigenvalue weighted by Crippen LogP contribution is -2.32. The smallest absolute Gasteiger partial charge is 0.159 e. The zero-order valence-corrected chi connectivity index (χ0v) is 10.4. The fraction of sp³-hybridized carbons (Fsp3) is 0.571. The normalized spacial score (nSPS) is 20.5. The van der Waals surface area contributed by atoms with E-state index in [0.717, 1.165) is 18.4 Å². The third-order valence-electron chi connectivity index (χ3n) is 4.01. The van der Waals surface area contributed by atoms with E-state index in [9.17, 15) is 8.78 Å². The van der Waals surface area contributed by atoms with Gasteiger partial charge < -0.3 is 5.32 Å². The van der Waals surface area contributed by atoms with Crippen LogP contribution in [0, 0.1) is 17.0 Å². The molecule has 1 aromatic rings. The molecular weight excluding hydrogens is 220 g/mol. The molecule has 1 fully saturated rings. The van der Waals surface area contributed by atoms with Gasteiger partial charge in [0.25, 0.3) is 0 Å². The Morgan fingerprint density at radius 2 is 1.82 bits per heavy atom. The number of nitrogens with one attached hydrogen (secondary N) is 1. The fourth-order valence-electron chi connectivity index (χ4n) is 3.08. The van der Waals surface area contributed by atoms with E-state index in [-0.39, 0.29) is 11.5 Å². The summed E-state index contributed by atoms with van der Waals surface area (Å²) in [6.07, 6.45) is 4.71. The Bertz CT molecular complexity index is 397. The summed E-state index contributed by atoms with van der Waals surface area (Å²) in [4.78, 5) is 0. The van der Waals surface area contributed by atoms with E-state index in [4.69, 9.17) is 0 Å². The van der Waals surface area contributed by atoms with Crippen LogP contribution in [-0.2, 0) is 0 Å². The molecule has 0 spiro atoms. The predicted octanol–water partition coefficient (Wildman–Crippen LogP) is 3.81. The maximum absolute atomic E-state index is 13.3. The maximum Gasteiger partial charge on any atom is 0.159 e. The van der Waals surface area contributed by atoms with Gasteiger partial charge in [0.2, 0.25) is 0 Å². The lowest BCUT2D eigenvalue weighted by molar-refractivity contribution is 0.233. The highest BCUT2D eigenvalue weighted by atomic mass is 19.2. The van der Waals surface area contributed by atoms with Crippen molar-refractivity contribution in [3.8, 4) is 0 Å². The van der Waals surface area contributed by atoms with Crippen molar-refractivity contribution in [2.24, 2.45) is 5.41 Å². The van der Waals surface area contributed by atoms with Gasteiger partial charge in [0.1, 0.15) is 0 Å². The molecule has 0 radical (unpaired) electrons. The molecule has 3 heteroatoms. The Morgan fingerprint density at radius 1 is 1.18 bits per heavy atom. The topological polar surface area (TPSA) is 12.0 Å². The molecule has 0 heterocycles. The van der Waals surface area contributed by atoms with Crippen molar-refractivity contribution in [3.63, 3.8) is 0 Å². The third-order valence-corrected chi connectivity index (χ3v) is 4.01. The molecule has 1 atom stereocenters. The second kappa shape index (κ2) is 4.73. The summed E-state index contributed by atoms with van der Waals surface area (Å²) < 4.78 is 26.2. The Kier molecular flexibility index (Phi) is 3.48. The van der Waals surface area contributed by atoms with E-state index >= 15 is 0 Å². The van der Waals surface area contributed by atoms with Crippen molar-refractivity contribution >= 4 is 0 Å². The molecular formula is C14H19F2N. The van der Waals surface area contributed by atoms with Crippen LogP contribution in [0.15, 0.2) is 18.2 Å². The lowest BCUT2D eigenvalue weighted by atomic mass is 9.77. The molecule has 17 heavy (non-hydrogen) atoms. The van der Waals surface area contributed by atoms with Crippen LogP contribution in [0.1, 0.15) is 44.2 Å². The van der Waals surface area contributed by atoms with Crippen LogP contribution in [0.25, 0.3) is 0 Å². The quantitative estimate of drug-likeness (QED) is 0.845. The van der Waals surface area contributed by atoms with E-state index in [1.165, 1.54) is 25.0 Å². The Labute approximate surface area is 101 Å². The van der Waals surface area contributed by atoms with Gasteiger partial charge in [-0.1, -0.05) is 25.8 Å². The van der Waals surface area contributed by atoms with Crippen LogP contribution >= 0.6 is 0 Å². The molecule has 1 N–H and O–H groups in total. The zero-order chi connectivity index (χ0) is 12.5. The van der Waals surface area contributed by atoms with Gasteiger partial charge in [-0.25, -0.2) is 8.78 Å². The molecule has 0 bridgehead atoms. The second-order valence-electron chi connectivity index (χ2n) is 5.26. The number of halogens is 2. The van der Waals surface area contributed by atoms with E-state index in [1.807, 2.05) is 7.05 Å². The first-order chi connectivity index (χ1) is 8.07. The van der Waals surface area contributed by atoms with Crippen LogP contribution < -0.4 is 5.32 Å². The molecule has 1 aromatic carbocycles. The number of hydrogen-bond donors (Lipinski definition) is 1. The van der Waals surface area contributed by atoms with Gasteiger partial charge in [-0.05, 0) is 43.0 Å². The van der Waals surface area contributed by atoms with Gasteiger partial charge in [0.15, 0.2) is 11.6 Å². The summed E-state index contributed by atoms with van der Waals surface area (Å²) in [5.74, 6) is -1.54. The molecule has 1 nitrogen and oxygen atoms in total. The monoisotopic (exact) mass is 239 g/mol. The number of hydrogen-bond acceptors (Lipinski definition) is 1. The van der Waals surface area contributed by atoms with Crippen molar-refractivity contribution in [2.75, 3.05) is 7.05 Å². The standard InChI is InChI=1S/C14H19F2N/c1-14(7-3-4-8-14)13(17-2)10-5-6-11(15)12(16)9-10/h5-6,9,13,17H,3-4,7-8H2,1-2H3. The Hall–Kier alpha value is -0.960. The average molecular weight is 239 g/mol. The van der Waals surface area contributed by atoms with Gasteiger partial charge in [-0.2, -0.15) is 0 Å². The van der Waals surface area contributed by atoms with Gasteiger partial charge in [-0.15, -0.1) is 0 Å². The fourth-order valence-corrected chi connectivity index (χ4v) is 3.08. The first-order valence-electron chi connectivity index (χ1n) is 6.19. The largest absolute Gasteiger partial charge is 0.313 e. The first-order valence-corrected chi connectivity index (χ1v) is 6.19. The summed E-state index contributed by atoms with van der Waals surface area (Å²) in [5.41, 5.74) is 0.995. The summed E-state index contributed by atoms with van der Waals surface area (Å²) in [6.45, 7) is 2.22. The Balaban J connectivity index is 2.31. The molecule has 1 saturated carbocycles. The second-order valence-corrected chi connectivity index (χ2v) is 5.26. The van der Waals surface area contributed by atoms with Gasteiger partial charge >= 0.3 is 0 Å². The predicted molar refractivity (Wildman–Crippen MR) is 64.7 cm³/mol. The van der Waals surface area contributed by atoms with Crippen molar-refractivity contribution < 1.29 is 8.78 Å². The molecule has 0 aromatic heterocycles. The number of rotatable bonds is 3. The zero-order valence-electron chi connectivity index (χ0n) is 10.4. The van der Waals surface area contributed by atoms with Crippen LogP contribution in [0.2, 0.25) is 0 Å². The molecule has 1 aliphatic carbocycles. The molecule has 0 amide bonds. The molecule has 94 valence electrons. The van der Waals surface area contributed by atoms with Crippen LogP contribution in [-0.4, -0.2) is 7.05 Å². The van der Waals surface area contributed by atoms with Gasteiger partial charge in [0, 0.05) is 6.04 Å². The highest BCUT2D eigenvalue weighted by Crippen LogP contribution is 2.47.